The fraction of sp³-hybridized carbons (Fsp3) is 0.0952. The monoisotopic (exact) mass is 468 g/mol. The molecule has 0 unspecified atom stereocenters. The van der Waals surface area contributed by atoms with Crippen molar-refractivity contribution in [3.05, 3.63) is 83.4 Å². The van der Waals surface area contributed by atoms with Crippen LogP contribution >= 0.6 is 11.6 Å². The zero-order valence-electron chi connectivity index (χ0n) is 15.8. The number of hydrogen-bond donors (Lipinski definition) is 2. The Bertz CT molecular complexity index is 1180. The summed E-state index contributed by atoms with van der Waals surface area (Å²) in [5.41, 5.74) is -1.18. The van der Waals surface area contributed by atoms with Crippen molar-refractivity contribution in [3.63, 3.8) is 0 Å². The molecule has 0 spiro atoms. The van der Waals surface area contributed by atoms with Gasteiger partial charge in [0.1, 0.15) is 4.90 Å². The SMILES string of the molecule is O=C(CNc1cccc(C(F)(F)F)c1S(=O)(=O)c1ccc(Cl)cc1)Nc1ccccc1. The van der Waals surface area contributed by atoms with Crippen LogP contribution in [-0.4, -0.2) is 20.9 Å². The van der Waals surface area contributed by atoms with E-state index >= 15 is 0 Å². The lowest BCUT2D eigenvalue weighted by atomic mass is 10.2. The van der Waals surface area contributed by atoms with Gasteiger partial charge in [0.15, 0.2) is 0 Å². The normalized spacial score (nSPS) is 11.7. The number of hydrogen-bond acceptors (Lipinski definition) is 4. The first-order valence-electron chi connectivity index (χ1n) is 8.88. The van der Waals surface area contributed by atoms with Crippen molar-refractivity contribution in [2.45, 2.75) is 16.0 Å². The number of sulfone groups is 1. The van der Waals surface area contributed by atoms with Crippen LogP contribution in [0.4, 0.5) is 24.5 Å². The van der Waals surface area contributed by atoms with Crippen molar-refractivity contribution in [2.75, 3.05) is 17.2 Å². The average molecular weight is 469 g/mol. The zero-order valence-corrected chi connectivity index (χ0v) is 17.4. The predicted molar refractivity (Wildman–Crippen MR) is 112 cm³/mol. The van der Waals surface area contributed by atoms with Gasteiger partial charge in [-0.2, -0.15) is 13.2 Å². The first-order chi connectivity index (χ1) is 14.6. The lowest BCUT2D eigenvalue weighted by molar-refractivity contribution is -0.139. The Morgan fingerprint density at radius 1 is 0.903 bits per heavy atom. The minimum Gasteiger partial charge on any atom is -0.375 e. The van der Waals surface area contributed by atoms with E-state index < -0.39 is 38.9 Å². The smallest absolute Gasteiger partial charge is 0.375 e. The molecule has 0 aliphatic heterocycles. The third kappa shape index (κ3) is 5.36. The van der Waals surface area contributed by atoms with Crippen molar-refractivity contribution >= 4 is 38.7 Å². The maximum Gasteiger partial charge on any atom is 0.417 e. The number of carbonyl (C=O) groups excluding carboxylic acids is 1. The van der Waals surface area contributed by atoms with Gasteiger partial charge >= 0.3 is 6.18 Å². The fourth-order valence-corrected chi connectivity index (χ4v) is 4.58. The molecule has 0 aliphatic carbocycles. The Labute approximate surface area is 181 Å². The molecule has 0 aliphatic rings. The summed E-state index contributed by atoms with van der Waals surface area (Å²) in [6.45, 7) is -0.445. The molecule has 0 bridgehead atoms. The molecule has 31 heavy (non-hydrogen) atoms. The van der Waals surface area contributed by atoms with E-state index in [-0.39, 0.29) is 15.6 Å². The van der Waals surface area contributed by atoms with Crippen molar-refractivity contribution in [1.29, 1.82) is 0 Å². The molecule has 0 atom stereocenters. The third-order valence-corrected chi connectivity index (χ3v) is 6.33. The van der Waals surface area contributed by atoms with Crippen LogP contribution in [0.25, 0.3) is 0 Å². The first kappa shape index (κ1) is 22.6. The van der Waals surface area contributed by atoms with E-state index in [0.29, 0.717) is 11.8 Å². The molecule has 0 aromatic heterocycles. The molecule has 1 amide bonds. The highest BCUT2D eigenvalue weighted by Gasteiger charge is 2.39. The quantitative estimate of drug-likeness (QED) is 0.518. The van der Waals surface area contributed by atoms with Gasteiger partial charge in [-0.05, 0) is 48.5 Å². The molecule has 162 valence electrons. The molecule has 3 rings (SSSR count). The van der Waals surface area contributed by atoms with E-state index in [1.807, 2.05) is 0 Å². The first-order valence-corrected chi connectivity index (χ1v) is 10.7. The number of benzene rings is 3. The van der Waals surface area contributed by atoms with Crippen LogP contribution < -0.4 is 10.6 Å². The molecule has 3 aromatic carbocycles. The number of anilines is 2. The van der Waals surface area contributed by atoms with Gasteiger partial charge in [-0.25, -0.2) is 8.42 Å². The second-order valence-electron chi connectivity index (χ2n) is 6.41. The van der Waals surface area contributed by atoms with Crippen molar-refractivity contribution in [3.8, 4) is 0 Å². The summed E-state index contributed by atoms with van der Waals surface area (Å²) in [5.74, 6) is -0.557. The van der Waals surface area contributed by atoms with Crippen LogP contribution in [0.3, 0.4) is 0 Å². The maximum atomic E-state index is 13.6. The molecule has 0 fully saturated rings. The summed E-state index contributed by atoms with van der Waals surface area (Å²) in [5, 5.41) is 5.32. The van der Waals surface area contributed by atoms with Crippen LogP contribution in [0.5, 0.6) is 0 Å². The van der Waals surface area contributed by atoms with Gasteiger partial charge in [-0.3, -0.25) is 4.79 Å². The van der Waals surface area contributed by atoms with Gasteiger partial charge in [-0.15, -0.1) is 0 Å². The van der Waals surface area contributed by atoms with E-state index in [1.54, 1.807) is 30.3 Å². The summed E-state index contributed by atoms with van der Waals surface area (Å²) >= 11 is 5.76. The molecule has 0 radical (unpaired) electrons. The van der Waals surface area contributed by atoms with Gasteiger partial charge in [-0.1, -0.05) is 35.9 Å². The number of carbonyl (C=O) groups is 1. The minimum atomic E-state index is -4.93. The molecule has 0 saturated heterocycles. The average Bonchev–Trinajstić information content (AvgIpc) is 2.72. The van der Waals surface area contributed by atoms with Gasteiger partial charge in [0, 0.05) is 10.7 Å². The summed E-state index contributed by atoms with van der Waals surface area (Å²) < 4.78 is 67.1. The van der Waals surface area contributed by atoms with Gasteiger partial charge in [0.2, 0.25) is 15.7 Å². The highest BCUT2D eigenvalue weighted by Crippen LogP contribution is 2.40. The number of amides is 1. The molecule has 10 heteroatoms. The number of halogens is 4. The molecule has 5 nitrogen and oxygen atoms in total. The molecular formula is C21H16ClF3N2O3S. The topological polar surface area (TPSA) is 75.3 Å². The maximum absolute atomic E-state index is 13.6. The fourth-order valence-electron chi connectivity index (χ4n) is 2.82. The summed E-state index contributed by atoms with van der Waals surface area (Å²) in [4.78, 5) is 10.9. The van der Waals surface area contributed by atoms with Crippen LogP contribution in [0.2, 0.25) is 5.02 Å². The third-order valence-electron chi connectivity index (χ3n) is 4.21. The standard InChI is InChI=1S/C21H16ClF3N2O3S/c22-14-9-11-16(12-10-14)31(29,30)20-17(21(23,24)25)7-4-8-18(20)26-13-19(28)27-15-5-2-1-3-6-15/h1-12,26H,13H2,(H,27,28). The lowest BCUT2D eigenvalue weighted by Gasteiger charge is -2.18. The minimum absolute atomic E-state index is 0.235. The van der Waals surface area contributed by atoms with Crippen LogP contribution in [0.15, 0.2) is 82.6 Å². The Balaban J connectivity index is 1.97. The van der Waals surface area contributed by atoms with Crippen LogP contribution in [0, 0.1) is 0 Å². The predicted octanol–water partition coefficient (Wildman–Crippen LogP) is 5.24. The molecule has 0 saturated carbocycles. The van der Waals surface area contributed by atoms with E-state index in [2.05, 4.69) is 10.6 Å². The van der Waals surface area contributed by atoms with Crippen LogP contribution in [0.1, 0.15) is 5.56 Å². The van der Waals surface area contributed by atoms with Crippen LogP contribution in [-0.2, 0) is 20.8 Å². The Morgan fingerprint density at radius 3 is 2.16 bits per heavy atom. The molecular weight excluding hydrogens is 453 g/mol. The number of alkyl halides is 3. The van der Waals surface area contributed by atoms with Gasteiger partial charge in [0.25, 0.3) is 0 Å². The second kappa shape index (κ2) is 8.99. The van der Waals surface area contributed by atoms with Crippen molar-refractivity contribution in [2.24, 2.45) is 0 Å². The van der Waals surface area contributed by atoms with Gasteiger partial charge < -0.3 is 10.6 Å². The zero-order chi connectivity index (χ0) is 22.6. The molecule has 2 N–H and O–H groups in total. The Kier molecular flexibility index (Phi) is 6.56. The van der Waals surface area contributed by atoms with Gasteiger partial charge in [0.05, 0.1) is 22.7 Å². The number of rotatable bonds is 6. The Hall–Kier alpha value is -3.04. The van der Waals surface area contributed by atoms with E-state index in [4.69, 9.17) is 11.6 Å². The number of nitrogens with one attached hydrogen (secondary N) is 2. The Morgan fingerprint density at radius 2 is 1.55 bits per heavy atom. The van der Waals surface area contributed by atoms with E-state index in [9.17, 15) is 26.4 Å². The molecule has 3 aromatic rings. The van der Waals surface area contributed by atoms with Crippen molar-refractivity contribution < 1.29 is 26.4 Å². The van der Waals surface area contributed by atoms with E-state index in [1.165, 1.54) is 18.2 Å². The summed E-state index contributed by atoms with van der Waals surface area (Å²) in [6, 6.07) is 16.1. The summed E-state index contributed by atoms with van der Waals surface area (Å²) in [7, 11) is -4.58. The number of para-hydroxylation sites is 1. The van der Waals surface area contributed by atoms with E-state index in [0.717, 1.165) is 18.2 Å². The largest absolute Gasteiger partial charge is 0.417 e. The lowest BCUT2D eigenvalue weighted by Crippen LogP contribution is -2.23. The molecule has 0 heterocycles. The summed E-state index contributed by atoms with van der Waals surface area (Å²) in [6.07, 6.45) is -4.93. The van der Waals surface area contributed by atoms with Crippen molar-refractivity contribution in [1.82, 2.24) is 0 Å². The highest BCUT2D eigenvalue weighted by molar-refractivity contribution is 7.91. The second-order valence-corrected chi connectivity index (χ2v) is 8.73. The highest BCUT2D eigenvalue weighted by atomic mass is 35.5.